The summed E-state index contributed by atoms with van der Waals surface area (Å²) < 4.78 is 37.6. The van der Waals surface area contributed by atoms with E-state index in [0.29, 0.717) is 87.4 Å². The molecule has 15 rings (SSSR count). The number of ether oxygens (including phenoxy) is 6. The third-order valence-electron chi connectivity index (χ3n) is 17.8. The summed E-state index contributed by atoms with van der Waals surface area (Å²) in [6.45, 7) is 11.8. The molecule has 3 aliphatic rings. The van der Waals surface area contributed by atoms with Gasteiger partial charge in [-0.25, -0.2) is 24.4 Å². The molecule has 3 unspecified atom stereocenters. The molecule has 0 saturated heterocycles. The molecule has 12 aromatic rings. The van der Waals surface area contributed by atoms with Gasteiger partial charge in [-0.05, 0) is 170 Å². The number of nitrogens with zero attached hydrogens (tertiary/aromatic N) is 8. The van der Waals surface area contributed by atoms with Crippen LogP contribution in [0.4, 0.5) is 19.5 Å². The number of imidazole rings is 1. The second-order valence-electron chi connectivity index (χ2n) is 23.8. The van der Waals surface area contributed by atoms with E-state index in [0.717, 1.165) is 115 Å². The Morgan fingerprint density at radius 1 is 0.520 bits per heavy atom. The molecule has 3 atom stereocenters. The number of anilines is 1. The Hall–Kier alpha value is -10.1. The van der Waals surface area contributed by atoms with E-state index in [1.807, 2.05) is 181 Å². The smallest absolute Gasteiger partial charge is 0.410 e. The average Bonchev–Trinajstić information content (AvgIpc) is 1.60. The van der Waals surface area contributed by atoms with Crippen molar-refractivity contribution in [2.75, 3.05) is 71.1 Å². The van der Waals surface area contributed by atoms with Crippen LogP contribution in [0.2, 0.25) is 15.1 Å². The molecule has 25 heteroatoms. The molecule has 516 valence electrons. The van der Waals surface area contributed by atoms with Crippen LogP contribution in [0.5, 0.6) is 17.2 Å². The molecule has 0 spiro atoms. The Labute approximate surface area is 596 Å². The molecule has 100 heavy (non-hydrogen) atoms. The Bertz CT molecular complexity index is 4520. The van der Waals surface area contributed by atoms with Gasteiger partial charge in [-0.1, -0.05) is 71.2 Å². The van der Waals surface area contributed by atoms with E-state index in [9.17, 15) is 14.4 Å². The van der Waals surface area contributed by atoms with Crippen molar-refractivity contribution in [1.29, 1.82) is 0 Å². The maximum Gasteiger partial charge on any atom is 0.410 e. The minimum atomic E-state index is -0.316. The van der Waals surface area contributed by atoms with Crippen LogP contribution in [-0.4, -0.2) is 138 Å². The predicted molar refractivity (Wildman–Crippen MR) is 389 cm³/mol. The van der Waals surface area contributed by atoms with E-state index in [1.165, 1.54) is 16.7 Å². The van der Waals surface area contributed by atoms with E-state index in [4.69, 9.17) is 63.2 Å². The molecule has 3 aliphatic heterocycles. The number of aromatic amines is 3. The van der Waals surface area contributed by atoms with Gasteiger partial charge in [0.2, 0.25) is 0 Å². The minimum absolute atomic E-state index is 0.279. The predicted octanol–water partition coefficient (Wildman–Crippen LogP) is 16.3. The van der Waals surface area contributed by atoms with Crippen LogP contribution in [0.15, 0.2) is 176 Å². The number of hydrogen-bond donors (Lipinski definition) is 4. The van der Waals surface area contributed by atoms with Crippen LogP contribution in [-0.2, 0) is 46.6 Å². The molecule has 3 amide bonds. The maximum absolute atomic E-state index is 12.8. The van der Waals surface area contributed by atoms with Crippen LogP contribution in [0.25, 0.3) is 32.7 Å². The lowest BCUT2D eigenvalue weighted by atomic mass is 9.92. The number of nitrogens with one attached hydrogen (secondary N) is 4. The molecule has 9 heterocycles. The van der Waals surface area contributed by atoms with Gasteiger partial charge in [-0.3, -0.25) is 19.4 Å². The normalized spacial score (nSPS) is 15.4. The zero-order chi connectivity index (χ0) is 69.1. The molecular weight excluding hydrogens is 1350 g/mol. The van der Waals surface area contributed by atoms with Crippen molar-refractivity contribution in [2.24, 2.45) is 0 Å². The van der Waals surface area contributed by atoms with Gasteiger partial charge in [-0.2, -0.15) is 5.10 Å². The highest BCUT2D eigenvalue weighted by Gasteiger charge is 2.39. The SMILES string of the molecule is CCOC(=O)N1CCc2c([nH]c3ccc(Cl)cc23)C1c1ccc(OCCNc2nccs2)cc1.CCOC(=O)N1CCc2c([nH]c3ccc(Cl)cc23)C1c1ccc(OCCn2cccn2)cc1.CCOC(=O)N1CCc2c([nH]c3ccc(Cl)cc23)C1c1ccc(OCCn2ccnc2)cc1. The number of amides is 3. The van der Waals surface area contributed by atoms with Gasteiger partial charge in [0.25, 0.3) is 0 Å². The fourth-order valence-electron chi connectivity index (χ4n) is 13.3. The van der Waals surface area contributed by atoms with Crippen molar-refractivity contribution in [3.63, 3.8) is 0 Å². The summed E-state index contributed by atoms with van der Waals surface area (Å²) in [7, 11) is 0. The molecule has 6 aromatic heterocycles. The van der Waals surface area contributed by atoms with Gasteiger partial charge in [0.1, 0.15) is 55.2 Å². The quantitative estimate of drug-likeness (QED) is 0.0437. The molecular formula is C75H75Cl3N12O9S. The summed E-state index contributed by atoms with van der Waals surface area (Å²) in [4.78, 5) is 62.7. The lowest BCUT2D eigenvalue weighted by Gasteiger charge is -2.35. The molecule has 6 aromatic carbocycles. The Kier molecular flexibility index (Phi) is 21.8. The first-order valence-corrected chi connectivity index (χ1v) is 35.4. The number of H-pyrrole nitrogens is 3. The summed E-state index contributed by atoms with van der Waals surface area (Å²) in [5, 5.41) is 15.6. The van der Waals surface area contributed by atoms with Gasteiger partial charge in [0.05, 0.1) is 45.8 Å². The van der Waals surface area contributed by atoms with E-state index >= 15 is 0 Å². The lowest BCUT2D eigenvalue weighted by Crippen LogP contribution is -2.40. The Balaban J connectivity index is 0.000000134. The van der Waals surface area contributed by atoms with Gasteiger partial charge in [0, 0.05) is 121 Å². The van der Waals surface area contributed by atoms with Crippen molar-refractivity contribution in [2.45, 2.75) is 71.2 Å². The van der Waals surface area contributed by atoms with Gasteiger partial charge >= 0.3 is 18.3 Å². The van der Waals surface area contributed by atoms with E-state index < -0.39 is 0 Å². The molecule has 0 radical (unpaired) electrons. The lowest BCUT2D eigenvalue weighted by molar-refractivity contribution is 0.0924. The second-order valence-corrected chi connectivity index (χ2v) is 26.0. The molecule has 21 nitrogen and oxygen atoms in total. The summed E-state index contributed by atoms with van der Waals surface area (Å²) >= 11 is 20.4. The molecule has 0 saturated carbocycles. The van der Waals surface area contributed by atoms with Gasteiger partial charge in [-0.15, -0.1) is 11.3 Å². The first kappa shape index (κ1) is 68.4. The fourth-order valence-corrected chi connectivity index (χ4v) is 14.4. The largest absolute Gasteiger partial charge is 0.492 e. The summed E-state index contributed by atoms with van der Waals surface area (Å²) in [5.74, 6) is 2.32. The van der Waals surface area contributed by atoms with Gasteiger partial charge in [0.15, 0.2) is 5.13 Å². The Morgan fingerprint density at radius 2 is 0.940 bits per heavy atom. The van der Waals surface area contributed by atoms with Crippen molar-refractivity contribution in [1.82, 2.24) is 54.0 Å². The van der Waals surface area contributed by atoms with Gasteiger partial charge < -0.3 is 53.3 Å². The molecule has 0 fully saturated rings. The van der Waals surface area contributed by atoms with E-state index in [2.05, 4.69) is 35.3 Å². The fraction of sp³-hybridized carbons (Fsp3) is 0.280. The van der Waals surface area contributed by atoms with Crippen LogP contribution in [0.3, 0.4) is 0 Å². The van der Waals surface area contributed by atoms with Crippen LogP contribution >= 0.6 is 46.1 Å². The minimum Gasteiger partial charge on any atom is -0.492 e. The monoisotopic (exact) mass is 1420 g/mol. The number of thiazole rings is 1. The molecule has 0 bridgehead atoms. The third-order valence-corrected chi connectivity index (χ3v) is 19.2. The number of rotatable bonds is 19. The van der Waals surface area contributed by atoms with Crippen molar-refractivity contribution >= 4 is 102 Å². The highest BCUT2D eigenvalue weighted by molar-refractivity contribution is 7.13. The van der Waals surface area contributed by atoms with Crippen molar-refractivity contribution < 1.29 is 42.8 Å². The van der Waals surface area contributed by atoms with Crippen LogP contribution in [0.1, 0.15) is 89.4 Å². The van der Waals surface area contributed by atoms with Crippen molar-refractivity contribution in [3.8, 4) is 17.2 Å². The number of hydrogen-bond acceptors (Lipinski definition) is 14. The zero-order valence-corrected chi connectivity index (χ0v) is 58.5. The number of carbonyl (C=O) groups excluding carboxylic acids is 3. The zero-order valence-electron chi connectivity index (χ0n) is 55.4. The summed E-state index contributed by atoms with van der Waals surface area (Å²) in [6, 6.07) is 42.3. The van der Waals surface area contributed by atoms with E-state index in [1.54, 1.807) is 51.0 Å². The number of carbonyl (C=O) groups is 3. The number of halogens is 3. The number of aromatic nitrogens is 8. The summed E-state index contributed by atoms with van der Waals surface area (Å²) in [6.07, 6.45) is 12.1. The Morgan fingerprint density at radius 3 is 1.31 bits per heavy atom. The highest BCUT2D eigenvalue weighted by Crippen LogP contribution is 2.44. The third kappa shape index (κ3) is 15.5. The number of benzene rings is 6. The molecule has 4 N–H and O–H groups in total. The highest BCUT2D eigenvalue weighted by atomic mass is 35.5. The summed E-state index contributed by atoms with van der Waals surface area (Å²) in [5.41, 5.74) is 12.6. The van der Waals surface area contributed by atoms with Crippen molar-refractivity contribution in [3.05, 3.63) is 242 Å². The first-order valence-electron chi connectivity index (χ1n) is 33.4. The topological polar surface area (TPSA) is 224 Å². The van der Waals surface area contributed by atoms with Crippen LogP contribution in [0, 0.1) is 0 Å². The number of fused-ring (bicyclic) bond motifs is 9. The standard InChI is InChI=1S/C25H25ClN4O3S.2C25H25ClN4O3/c1-2-32-25(31)30-12-9-19-20-15-17(26)5-8-21(20)29-22(19)23(30)16-3-6-18(7-4-16)33-13-10-27-24-28-11-14-34-24;1-2-32-25(31)30-13-10-20-21-16-18(26)6-9-22(21)28-23(20)24(30)17-4-7-19(8-5-17)33-15-14-29-12-3-11-27-29;1-2-32-25(31)30-11-9-20-21-15-18(26)5-8-22(21)28-23(20)24(30)17-3-6-19(7-4-17)33-14-13-29-12-10-27-16-29/h3-8,11,14-15,23,29H,2,9-10,12-13H2,1H3,(H,27,28);3-9,11-12,16,24,28H,2,10,13-15H2,1H3;3-8,10,12,15-16,24,28H,2,9,11,13-14H2,1H3. The van der Waals surface area contributed by atoms with Crippen LogP contribution < -0.4 is 19.5 Å². The molecule has 0 aliphatic carbocycles. The van der Waals surface area contributed by atoms with E-state index in [-0.39, 0.29) is 36.4 Å². The maximum atomic E-state index is 12.8. The second kappa shape index (κ2) is 31.8. The first-order chi connectivity index (χ1) is 48.9. The average molecular weight is 1430 g/mol.